The van der Waals surface area contributed by atoms with Gasteiger partial charge in [-0.1, -0.05) is 36.4 Å². The average Bonchev–Trinajstić information content (AvgIpc) is 2.31. The summed E-state index contributed by atoms with van der Waals surface area (Å²) in [5, 5.41) is 3.99. The number of carbonyl (C=O) groups excluding carboxylic acids is 1. The summed E-state index contributed by atoms with van der Waals surface area (Å²) in [6.07, 6.45) is 0. The summed E-state index contributed by atoms with van der Waals surface area (Å²) >= 11 is 0. The Labute approximate surface area is 88.6 Å². The van der Waals surface area contributed by atoms with Crippen molar-refractivity contribution < 1.29 is 4.79 Å². The van der Waals surface area contributed by atoms with Crippen molar-refractivity contribution in [3.8, 4) is 0 Å². The van der Waals surface area contributed by atoms with Gasteiger partial charge in [0.05, 0.1) is 5.56 Å². The third-order valence-corrected chi connectivity index (χ3v) is 2.01. The molecular weight excluding hydrogens is 186 g/mol. The minimum absolute atomic E-state index is 0.207. The standard InChI is InChI=1S/C13H10NO/c15-13(11-7-3-1-4-8-11)14-12-9-5-2-6-10-12/h1-10H/q+1. The molecule has 0 N–H and O–H groups in total. The van der Waals surface area contributed by atoms with Gasteiger partial charge in [-0.15, -0.1) is 0 Å². The molecule has 2 heteroatoms. The van der Waals surface area contributed by atoms with Crippen molar-refractivity contribution in [2.75, 3.05) is 0 Å². The largest absolute Gasteiger partial charge is 0.459 e. The maximum absolute atomic E-state index is 11.6. The SMILES string of the molecule is O=C([N+]c1ccccc1)c1ccccc1. The minimum Gasteiger partial charge on any atom is -0.213 e. The molecule has 2 radical (unpaired) electrons. The fourth-order valence-corrected chi connectivity index (χ4v) is 1.27. The van der Waals surface area contributed by atoms with E-state index in [1.54, 1.807) is 24.3 Å². The third kappa shape index (κ3) is 2.51. The van der Waals surface area contributed by atoms with Crippen LogP contribution in [0.3, 0.4) is 0 Å². The topological polar surface area (TPSA) is 31.2 Å². The molecule has 0 aromatic heterocycles. The van der Waals surface area contributed by atoms with E-state index in [4.69, 9.17) is 0 Å². The van der Waals surface area contributed by atoms with Crippen LogP contribution in [0.4, 0.5) is 5.69 Å². The van der Waals surface area contributed by atoms with Crippen LogP contribution in [0, 0.1) is 0 Å². The number of benzene rings is 2. The van der Waals surface area contributed by atoms with Gasteiger partial charge in [-0.05, 0) is 12.1 Å². The van der Waals surface area contributed by atoms with E-state index in [1.165, 1.54) is 0 Å². The van der Waals surface area contributed by atoms with E-state index in [1.807, 2.05) is 36.4 Å². The van der Waals surface area contributed by atoms with Gasteiger partial charge in [-0.25, -0.2) is 4.79 Å². The molecule has 0 bridgehead atoms. The molecule has 0 unspecified atom stereocenters. The molecule has 0 fully saturated rings. The number of hydrogen-bond donors (Lipinski definition) is 0. The number of hydrogen-bond acceptors (Lipinski definition) is 1. The minimum atomic E-state index is -0.207. The summed E-state index contributed by atoms with van der Waals surface area (Å²) in [6.45, 7) is 0. The predicted octanol–water partition coefficient (Wildman–Crippen LogP) is 2.76. The Bertz CT molecular complexity index is 437. The predicted molar refractivity (Wildman–Crippen MR) is 59.0 cm³/mol. The van der Waals surface area contributed by atoms with Crippen molar-refractivity contribution in [1.82, 2.24) is 5.32 Å². The van der Waals surface area contributed by atoms with E-state index in [0.29, 0.717) is 11.3 Å². The van der Waals surface area contributed by atoms with Crippen molar-refractivity contribution in [2.45, 2.75) is 0 Å². The van der Waals surface area contributed by atoms with Crippen LogP contribution in [0.2, 0.25) is 0 Å². The van der Waals surface area contributed by atoms with Crippen molar-refractivity contribution >= 4 is 11.6 Å². The van der Waals surface area contributed by atoms with Crippen LogP contribution in [-0.2, 0) is 0 Å². The molecule has 0 atom stereocenters. The van der Waals surface area contributed by atoms with Crippen molar-refractivity contribution in [2.24, 2.45) is 0 Å². The van der Waals surface area contributed by atoms with Crippen LogP contribution in [0.1, 0.15) is 10.4 Å². The van der Waals surface area contributed by atoms with Gasteiger partial charge < -0.3 is 0 Å². The highest BCUT2D eigenvalue weighted by Crippen LogP contribution is 2.08. The molecule has 0 heterocycles. The Morgan fingerprint density at radius 1 is 0.800 bits per heavy atom. The Morgan fingerprint density at radius 3 is 1.93 bits per heavy atom. The summed E-state index contributed by atoms with van der Waals surface area (Å²) in [4.78, 5) is 11.6. The highest BCUT2D eigenvalue weighted by atomic mass is 16.1. The molecule has 2 aromatic rings. The Morgan fingerprint density at radius 2 is 1.33 bits per heavy atom. The smallest absolute Gasteiger partial charge is 0.213 e. The van der Waals surface area contributed by atoms with E-state index >= 15 is 0 Å². The van der Waals surface area contributed by atoms with Crippen LogP contribution in [0.15, 0.2) is 60.7 Å². The molecule has 0 saturated carbocycles. The number of amides is 1. The lowest BCUT2D eigenvalue weighted by Crippen LogP contribution is -2.10. The van der Waals surface area contributed by atoms with Gasteiger partial charge in [0.1, 0.15) is 0 Å². The Kier molecular flexibility index (Phi) is 2.90. The maximum atomic E-state index is 11.6. The lowest BCUT2D eigenvalue weighted by molar-refractivity contribution is 0.0969. The van der Waals surface area contributed by atoms with Gasteiger partial charge in [0, 0.05) is 12.1 Å². The second-order valence-corrected chi connectivity index (χ2v) is 3.12. The van der Waals surface area contributed by atoms with Gasteiger partial charge >= 0.3 is 5.91 Å². The molecule has 2 rings (SSSR count). The van der Waals surface area contributed by atoms with Crippen molar-refractivity contribution in [3.05, 3.63) is 66.2 Å². The van der Waals surface area contributed by atoms with Gasteiger partial charge in [0.15, 0.2) is 5.32 Å². The van der Waals surface area contributed by atoms with Gasteiger partial charge in [-0.3, -0.25) is 0 Å². The third-order valence-electron chi connectivity index (χ3n) is 2.01. The van der Waals surface area contributed by atoms with Gasteiger partial charge in [0.25, 0.3) is 5.69 Å². The Balaban J connectivity index is 2.12. The molecule has 2 nitrogen and oxygen atoms in total. The molecule has 0 aliphatic rings. The fraction of sp³-hybridized carbons (Fsp3) is 0. The van der Waals surface area contributed by atoms with Gasteiger partial charge in [-0.2, -0.15) is 0 Å². The van der Waals surface area contributed by atoms with Crippen LogP contribution in [0.25, 0.3) is 0 Å². The summed E-state index contributed by atoms with van der Waals surface area (Å²) in [6, 6.07) is 18.3. The zero-order valence-corrected chi connectivity index (χ0v) is 8.13. The molecule has 1 amide bonds. The zero-order valence-electron chi connectivity index (χ0n) is 8.13. The monoisotopic (exact) mass is 196 g/mol. The quantitative estimate of drug-likeness (QED) is 0.726. The normalized spacial score (nSPS) is 9.87. The maximum Gasteiger partial charge on any atom is 0.459 e. The fourth-order valence-electron chi connectivity index (χ4n) is 1.27. The number of nitrogens with zero attached hydrogens (tertiary/aromatic N) is 1. The average molecular weight is 196 g/mol. The van der Waals surface area contributed by atoms with E-state index in [2.05, 4.69) is 5.32 Å². The summed E-state index contributed by atoms with van der Waals surface area (Å²) in [5.74, 6) is -0.207. The second-order valence-electron chi connectivity index (χ2n) is 3.12. The van der Waals surface area contributed by atoms with Crippen molar-refractivity contribution in [3.63, 3.8) is 0 Å². The molecular formula is C13H10NO+. The number of para-hydroxylation sites is 1. The first-order valence-electron chi connectivity index (χ1n) is 4.72. The van der Waals surface area contributed by atoms with E-state index in [-0.39, 0.29) is 5.91 Å². The zero-order chi connectivity index (χ0) is 10.5. The van der Waals surface area contributed by atoms with E-state index in [0.717, 1.165) is 0 Å². The summed E-state index contributed by atoms with van der Waals surface area (Å²) < 4.78 is 0. The van der Waals surface area contributed by atoms with E-state index in [9.17, 15) is 4.79 Å². The lowest BCUT2D eigenvalue weighted by atomic mass is 10.2. The first-order chi connectivity index (χ1) is 7.36. The first-order valence-corrected chi connectivity index (χ1v) is 4.72. The molecule has 0 aliphatic carbocycles. The number of carbonyl (C=O) groups is 1. The second kappa shape index (κ2) is 4.53. The van der Waals surface area contributed by atoms with Crippen LogP contribution >= 0.6 is 0 Å². The highest BCUT2D eigenvalue weighted by Gasteiger charge is 2.22. The number of rotatable bonds is 2. The summed E-state index contributed by atoms with van der Waals surface area (Å²) in [5.41, 5.74) is 1.30. The first kappa shape index (κ1) is 9.62. The van der Waals surface area contributed by atoms with Crippen molar-refractivity contribution in [1.29, 1.82) is 0 Å². The van der Waals surface area contributed by atoms with E-state index < -0.39 is 0 Å². The molecule has 2 aromatic carbocycles. The lowest BCUT2D eigenvalue weighted by Gasteiger charge is -1.87. The van der Waals surface area contributed by atoms with Crippen LogP contribution in [-0.4, -0.2) is 5.91 Å². The highest BCUT2D eigenvalue weighted by molar-refractivity contribution is 5.96. The molecule has 15 heavy (non-hydrogen) atoms. The Hall–Kier alpha value is -1.93. The van der Waals surface area contributed by atoms with Gasteiger partial charge in [0.2, 0.25) is 0 Å². The molecule has 0 aliphatic heterocycles. The van der Waals surface area contributed by atoms with Crippen LogP contribution in [0.5, 0.6) is 0 Å². The molecule has 0 saturated heterocycles. The molecule has 0 spiro atoms. The van der Waals surface area contributed by atoms with Crippen LogP contribution < -0.4 is 5.32 Å². The summed E-state index contributed by atoms with van der Waals surface area (Å²) in [7, 11) is 0. The molecule has 72 valence electrons.